The van der Waals surface area contributed by atoms with E-state index in [2.05, 4.69) is 10.6 Å². The summed E-state index contributed by atoms with van der Waals surface area (Å²) in [5.41, 5.74) is 3.68. The van der Waals surface area contributed by atoms with E-state index >= 15 is 0 Å². The lowest BCUT2D eigenvalue weighted by Crippen LogP contribution is -2.17. The van der Waals surface area contributed by atoms with Gasteiger partial charge < -0.3 is 20.8 Å². The Balaban J connectivity index is 1.76. The molecule has 0 aliphatic heterocycles. The minimum atomic E-state index is -1.11. The summed E-state index contributed by atoms with van der Waals surface area (Å²) in [5.74, 6) is -1.68. The Morgan fingerprint density at radius 2 is 1.56 bits per heavy atom. The van der Waals surface area contributed by atoms with Crippen LogP contribution in [0.1, 0.15) is 56.4 Å². The third kappa shape index (κ3) is 6.21. The average molecular weight is 481 g/mol. The molecular formula is C26H25ClN2O5. The number of carboxylic acids is 1. The van der Waals surface area contributed by atoms with Crippen molar-refractivity contribution < 1.29 is 24.6 Å². The van der Waals surface area contributed by atoms with Crippen LogP contribution in [0.4, 0.5) is 11.4 Å². The molecule has 4 N–H and O–H groups in total. The van der Waals surface area contributed by atoms with Gasteiger partial charge in [0.1, 0.15) is 0 Å². The molecule has 7 nitrogen and oxygen atoms in total. The summed E-state index contributed by atoms with van der Waals surface area (Å²) in [7, 11) is 0. The Bertz CT molecular complexity index is 1240. The van der Waals surface area contributed by atoms with Crippen LogP contribution in [-0.4, -0.2) is 28.0 Å². The number of aliphatic carboxylic acids is 1. The van der Waals surface area contributed by atoms with Gasteiger partial charge in [-0.15, -0.1) is 0 Å². The molecule has 0 radical (unpaired) electrons. The number of amides is 2. The monoisotopic (exact) mass is 480 g/mol. The molecule has 0 saturated heterocycles. The molecule has 8 heteroatoms. The van der Waals surface area contributed by atoms with Crippen molar-refractivity contribution in [2.24, 2.45) is 0 Å². The maximum absolute atomic E-state index is 13.0. The van der Waals surface area contributed by atoms with Gasteiger partial charge >= 0.3 is 5.97 Å². The number of benzene rings is 3. The highest BCUT2D eigenvalue weighted by Gasteiger charge is 2.18. The zero-order chi connectivity index (χ0) is 24.8. The fourth-order valence-electron chi connectivity index (χ4n) is 3.55. The van der Waals surface area contributed by atoms with Gasteiger partial charge in [0, 0.05) is 39.5 Å². The van der Waals surface area contributed by atoms with E-state index in [1.807, 2.05) is 19.1 Å². The number of aliphatic hydroxyl groups excluding tert-OH is 1. The Morgan fingerprint density at radius 1 is 0.882 bits per heavy atom. The number of aliphatic hydroxyl groups is 1. The molecule has 1 unspecified atom stereocenters. The first-order valence-electron chi connectivity index (χ1n) is 10.6. The van der Waals surface area contributed by atoms with Crippen molar-refractivity contribution in [1.82, 2.24) is 0 Å². The highest BCUT2D eigenvalue weighted by Crippen LogP contribution is 2.30. The smallest absolute Gasteiger partial charge is 0.303 e. The van der Waals surface area contributed by atoms with Crippen LogP contribution in [0.3, 0.4) is 0 Å². The van der Waals surface area contributed by atoms with Crippen molar-refractivity contribution in [2.45, 2.75) is 32.8 Å². The van der Waals surface area contributed by atoms with Gasteiger partial charge in [-0.2, -0.15) is 0 Å². The standard InChI is InChI=1S/C26H25ClN2O5/c1-15-5-3-4-6-19(15)25(33)28-18-8-9-20(16(2)13-18)26(34)29-22-10-7-17(27)14-21(22)23(30)11-12-24(31)32/h3-10,13-14,23,30H,11-12H2,1-2H3,(H,28,33)(H,29,34)(H,31,32). The van der Waals surface area contributed by atoms with E-state index in [0.29, 0.717) is 38.7 Å². The molecule has 3 aromatic carbocycles. The normalized spacial score (nSPS) is 11.5. The van der Waals surface area contributed by atoms with Gasteiger partial charge in [-0.25, -0.2) is 0 Å². The largest absolute Gasteiger partial charge is 0.481 e. The molecule has 176 valence electrons. The van der Waals surface area contributed by atoms with Gasteiger partial charge in [0.25, 0.3) is 11.8 Å². The number of nitrogens with one attached hydrogen (secondary N) is 2. The van der Waals surface area contributed by atoms with Gasteiger partial charge in [0.05, 0.1) is 6.10 Å². The maximum Gasteiger partial charge on any atom is 0.303 e. The molecule has 3 aromatic rings. The van der Waals surface area contributed by atoms with E-state index in [-0.39, 0.29) is 18.7 Å². The summed E-state index contributed by atoms with van der Waals surface area (Å²) in [5, 5.41) is 25.3. The zero-order valence-electron chi connectivity index (χ0n) is 18.8. The van der Waals surface area contributed by atoms with Crippen LogP contribution in [0, 0.1) is 13.8 Å². The minimum absolute atomic E-state index is 0.0210. The number of carbonyl (C=O) groups excluding carboxylic acids is 2. The first-order valence-corrected chi connectivity index (χ1v) is 11.0. The SMILES string of the molecule is Cc1ccccc1C(=O)Nc1ccc(C(=O)Nc2ccc(Cl)cc2C(O)CCC(=O)O)c(C)c1. The second-order valence-electron chi connectivity index (χ2n) is 7.93. The van der Waals surface area contributed by atoms with Gasteiger partial charge in [-0.1, -0.05) is 29.8 Å². The molecule has 0 saturated carbocycles. The highest BCUT2D eigenvalue weighted by atomic mass is 35.5. The lowest BCUT2D eigenvalue weighted by molar-refractivity contribution is -0.137. The van der Waals surface area contributed by atoms with Crippen LogP contribution in [0.2, 0.25) is 5.02 Å². The summed E-state index contributed by atoms with van der Waals surface area (Å²) >= 11 is 6.04. The second-order valence-corrected chi connectivity index (χ2v) is 8.37. The third-order valence-electron chi connectivity index (χ3n) is 5.37. The minimum Gasteiger partial charge on any atom is -0.481 e. The van der Waals surface area contributed by atoms with Gasteiger partial charge in [0.15, 0.2) is 0 Å². The number of halogens is 1. The number of aryl methyl sites for hydroxylation is 2. The van der Waals surface area contributed by atoms with Crippen LogP contribution < -0.4 is 10.6 Å². The van der Waals surface area contributed by atoms with Crippen LogP contribution in [-0.2, 0) is 4.79 Å². The van der Waals surface area contributed by atoms with Crippen LogP contribution in [0.15, 0.2) is 60.7 Å². The molecule has 0 spiro atoms. The molecule has 0 bridgehead atoms. The van der Waals surface area contributed by atoms with Gasteiger partial charge in [-0.3, -0.25) is 14.4 Å². The van der Waals surface area contributed by atoms with E-state index in [4.69, 9.17) is 16.7 Å². The molecule has 0 aliphatic rings. The summed E-state index contributed by atoms with van der Waals surface area (Å²) in [6, 6.07) is 16.8. The lowest BCUT2D eigenvalue weighted by Gasteiger charge is -2.17. The van der Waals surface area contributed by atoms with E-state index in [1.54, 1.807) is 49.4 Å². The average Bonchev–Trinajstić information content (AvgIpc) is 2.78. The lowest BCUT2D eigenvalue weighted by atomic mass is 10.0. The molecule has 34 heavy (non-hydrogen) atoms. The molecule has 0 heterocycles. The molecule has 0 aliphatic carbocycles. The Kier molecular flexibility index (Phi) is 8.04. The first kappa shape index (κ1) is 25.0. The molecule has 3 rings (SSSR count). The van der Waals surface area contributed by atoms with E-state index in [1.165, 1.54) is 6.07 Å². The van der Waals surface area contributed by atoms with Crippen molar-refractivity contribution >= 4 is 40.8 Å². The van der Waals surface area contributed by atoms with Crippen molar-refractivity contribution in [1.29, 1.82) is 0 Å². The van der Waals surface area contributed by atoms with E-state index < -0.39 is 18.0 Å². The number of anilines is 2. The topological polar surface area (TPSA) is 116 Å². The molecule has 2 amide bonds. The molecular weight excluding hydrogens is 456 g/mol. The van der Waals surface area contributed by atoms with Crippen LogP contribution >= 0.6 is 11.6 Å². The number of hydrogen-bond acceptors (Lipinski definition) is 4. The second kappa shape index (κ2) is 11.0. The number of carboxylic acid groups (broad SMARTS) is 1. The van der Waals surface area contributed by atoms with Crippen molar-refractivity contribution in [3.05, 3.63) is 93.5 Å². The fourth-order valence-corrected chi connectivity index (χ4v) is 3.73. The van der Waals surface area contributed by atoms with Crippen molar-refractivity contribution in [3.8, 4) is 0 Å². The van der Waals surface area contributed by atoms with Crippen molar-refractivity contribution in [3.63, 3.8) is 0 Å². The summed E-state index contributed by atoms with van der Waals surface area (Å²) in [6.07, 6.45) is -1.35. The number of rotatable bonds is 8. The Labute approximate surface area is 202 Å². The van der Waals surface area contributed by atoms with Crippen LogP contribution in [0.25, 0.3) is 0 Å². The summed E-state index contributed by atoms with van der Waals surface area (Å²) in [6.45, 7) is 3.61. The predicted molar refractivity (Wildman–Crippen MR) is 132 cm³/mol. The summed E-state index contributed by atoms with van der Waals surface area (Å²) in [4.78, 5) is 36.4. The van der Waals surface area contributed by atoms with E-state index in [0.717, 1.165) is 5.56 Å². The number of hydrogen-bond donors (Lipinski definition) is 4. The molecule has 0 aromatic heterocycles. The Morgan fingerprint density at radius 3 is 2.24 bits per heavy atom. The first-order chi connectivity index (χ1) is 16.2. The summed E-state index contributed by atoms with van der Waals surface area (Å²) < 4.78 is 0. The van der Waals surface area contributed by atoms with Crippen molar-refractivity contribution in [2.75, 3.05) is 10.6 Å². The quantitative estimate of drug-likeness (QED) is 0.346. The molecule has 0 fully saturated rings. The zero-order valence-corrected chi connectivity index (χ0v) is 19.5. The number of carbonyl (C=O) groups is 3. The third-order valence-corrected chi connectivity index (χ3v) is 5.61. The van der Waals surface area contributed by atoms with Crippen LogP contribution in [0.5, 0.6) is 0 Å². The van der Waals surface area contributed by atoms with Gasteiger partial charge in [-0.05, 0) is 73.9 Å². The highest BCUT2D eigenvalue weighted by molar-refractivity contribution is 6.30. The molecule has 1 atom stereocenters. The maximum atomic E-state index is 13.0. The predicted octanol–water partition coefficient (Wildman–Crippen LogP) is 5.36. The Hall–Kier alpha value is -3.68. The fraction of sp³-hybridized carbons (Fsp3) is 0.192. The van der Waals surface area contributed by atoms with Gasteiger partial charge in [0.2, 0.25) is 0 Å². The van der Waals surface area contributed by atoms with E-state index in [9.17, 15) is 19.5 Å².